The molecule has 0 unspecified atom stereocenters. The molecule has 0 bridgehead atoms. The third kappa shape index (κ3) is 2.06. The van der Waals surface area contributed by atoms with Crippen molar-refractivity contribution in [3.05, 3.63) is 24.7 Å². The van der Waals surface area contributed by atoms with Crippen LogP contribution < -0.4 is 4.90 Å². The van der Waals surface area contributed by atoms with Crippen LogP contribution in [-0.2, 0) is 7.05 Å². The zero-order valence-electron chi connectivity index (χ0n) is 10.2. The van der Waals surface area contributed by atoms with Crippen molar-refractivity contribution in [2.75, 3.05) is 18.0 Å². The van der Waals surface area contributed by atoms with Gasteiger partial charge in [0.1, 0.15) is 0 Å². The first kappa shape index (κ1) is 11.2. The molecule has 0 spiro atoms. The molecule has 3 rings (SSSR count). The van der Waals surface area contributed by atoms with Gasteiger partial charge in [-0.25, -0.2) is 9.97 Å². The van der Waals surface area contributed by atoms with E-state index in [9.17, 15) is 5.11 Å². The molecular formula is C12H15N5O. The van der Waals surface area contributed by atoms with Gasteiger partial charge in [0.15, 0.2) is 0 Å². The van der Waals surface area contributed by atoms with Crippen LogP contribution in [0.15, 0.2) is 24.7 Å². The van der Waals surface area contributed by atoms with E-state index >= 15 is 0 Å². The Labute approximate surface area is 105 Å². The smallest absolute Gasteiger partial charge is 0.225 e. The average molecular weight is 245 g/mol. The van der Waals surface area contributed by atoms with Crippen LogP contribution in [0.5, 0.6) is 0 Å². The number of aromatic nitrogens is 4. The SMILES string of the molecule is Cn1cc(-c2ccnc(N3CC[C@H](O)C3)n2)cn1. The van der Waals surface area contributed by atoms with E-state index in [4.69, 9.17) is 0 Å². The summed E-state index contributed by atoms with van der Waals surface area (Å²) in [6.07, 6.45) is 5.96. The maximum absolute atomic E-state index is 9.54. The zero-order chi connectivity index (χ0) is 12.5. The van der Waals surface area contributed by atoms with Gasteiger partial charge in [0.25, 0.3) is 0 Å². The predicted octanol–water partition coefficient (Wildman–Crippen LogP) is 0.448. The fraction of sp³-hybridized carbons (Fsp3) is 0.417. The van der Waals surface area contributed by atoms with Crippen LogP contribution in [-0.4, -0.2) is 44.0 Å². The molecule has 0 amide bonds. The summed E-state index contributed by atoms with van der Waals surface area (Å²) in [6.45, 7) is 1.41. The third-order valence-electron chi connectivity index (χ3n) is 3.09. The second kappa shape index (κ2) is 4.38. The van der Waals surface area contributed by atoms with Crippen molar-refractivity contribution in [3.63, 3.8) is 0 Å². The minimum absolute atomic E-state index is 0.268. The second-order valence-corrected chi connectivity index (χ2v) is 4.53. The van der Waals surface area contributed by atoms with Crippen molar-refractivity contribution < 1.29 is 5.11 Å². The van der Waals surface area contributed by atoms with Gasteiger partial charge in [-0.1, -0.05) is 0 Å². The molecule has 1 saturated heterocycles. The van der Waals surface area contributed by atoms with Crippen molar-refractivity contribution in [1.82, 2.24) is 19.7 Å². The van der Waals surface area contributed by atoms with Crippen LogP contribution in [0.2, 0.25) is 0 Å². The molecule has 2 aromatic rings. The Morgan fingerprint density at radius 2 is 2.33 bits per heavy atom. The molecule has 1 N–H and O–H groups in total. The maximum atomic E-state index is 9.54. The van der Waals surface area contributed by atoms with E-state index in [-0.39, 0.29) is 6.10 Å². The quantitative estimate of drug-likeness (QED) is 0.832. The topological polar surface area (TPSA) is 67.1 Å². The lowest BCUT2D eigenvalue weighted by Gasteiger charge is -2.15. The Morgan fingerprint density at radius 3 is 3.00 bits per heavy atom. The van der Waals surface area contributed by atoms with E-state index in [1.54, 1.807) is 17.1 Å². The molecule has 1 aliphatic rings. The van der Waals surface area contributed by atoms with E-state index < -0.39 is 0 Å². The molecule has 0 saturated carbocycles. The van der Waals surface area contributed by atoms with Crippen LogP contribution in [0.1, 0.15) is 6.42 Å². The van der Waals surface area contributed by atoms with Crippen molar-refractivity contribution in [3.8, 4) is 11.3 Å². The van der Waals surface area contributed by atoms with Crippen molar-refractivity contribution in [2.45, 2.75) is 12.5 Å². The highest BCUT2D eigenvalue weighted by Gasteiger charge is 2.22. The summed E-state index contributed by atoms with van der Waals surface area (Å²) in [6, 6.07) is 1.87. The Kier molecular flexibility index (Phi) is 2.71. The maximum Gasteiger partial charge on any atom is 0.225 e. The summed E-state index contributed by atoms with van der Waals surface area (Å²) in [5.41, 5.74) is 1.83. The molecular weight excluding hydrogens is 230 g/mol. The molecule has 1 aliphatic heterocycles. The van der Waals surface area contributed by atoms with Crippen LogP contribution in [0.25, 0.3) is 11.3 Å². The molecule has 0 radical (unpaired) electrons. The lowest BCUT2D eigenvalue weighted by atomic mass is 10.2. The Balaban J connectivity index is 1.89. The first-order chi connectivity index (χ1) is 8.72. The molecule has 2 aromatic heterocycles. The molecule has 0 aliphatic carbocycles. The Bertz CT molecular complexity index is 553. The molecule has 6 heteroatoms. The van der Waals surface area contributed by atoms with Crippen LogP contribution in [0.3, 0.4) is 0 Å². The molecule has 6 nitrogen and oxygen atoms in total. The lowest BCUT2D eigenvalue weighted by molar-refractivity contribution is 0.198. The van der Waals surface area contributed by atoms with Crippen LogP contribution in [0, 0.1) is 0 Å². The summed E-state index contributed by atoms with van der Waals surface area (Å²) in [5, 5.41) is 13.7. The minimum atomic E-state index is -0.268. The predicted molar refractivity (Wildman–Crippen MR) is 67.1 cm³/mol. The average Bonchev–Trinajstić information content (AvgIpc) is 2.98. The second-order valence-electron chi connectivity index (χ2n) is 4.53. The highest BCUT2D eigenvalue weighted by Crippen LogP contribution is 2.20. The van der Waals surface area contributed by atoms with Crippen LogP contribution in [0.4, 0.5) is 5.95 Å². The van der Waals surface area contributed by atoms with Gasteiger partial charge in [-0.3, -0.25) is 4.68 Å². The monoisotopic (exact) mass is 245 g/mol. The van der Waals surface area contributed by atoms with Crippen molar-refractivity contribution >= 4 is 5.95 Å². The Morgan fingerprint density at radius 1 is 1.44 bits per heavy atom. The van der Waals surface area contributed by atoms with E-state index in [0.29, 0.717) is 12.5 Å². The summed E-state index contributed by atoms with van der Waals surface area (Å²) in [5.74, 6) is 0.674. The third-order valence-corrected chi connectivity index (χ3v) is 3.09. The number of nitrogens with zero attached hydrogens (tertiary/aromatic N) is 5. The van der Waals surface area contributed by atoms with E-state index in [1.807, 2.05) is 24.2 Å². The molecule has 3 heterocycles. The zero-order valence-corrected chi connectivity index (χ0v) is 10.2. The van der Waals surface area contributed by atoms with E-state index in [1.165, 1.54) is 0 Å². The number of hydrogen-bond acceptors (Lipinski definition) is 5. The first-order valence-corrected chi connectivity index (χ1v) is 5.97. The molecule has 1 atom stereocenters. The number of aliphatic hydroxyl groups excluding tert-OH is 1. The molecule has 18 heavy (non-hydrogen) atoms. The fourth-order valence-corrected chi connectivity index (χ4v) is 2.14. The normalized spacial score (nSPS) is 19.4. The van der Waals surface area contributed by atoms with Gasteiger partial charge in [-0.15, -0.1) is 0 Å². The molecule has 1 fully saturated rings. The van der Waals surface area contributed by atoms with Gasteiger partial charge in [-0.05, 0) is 12.5 Å². The van der Waals surface area contributed by atoms with Crippen molar-refractivity contribution in [1.29, 1.82) is 0 Å². The van der Waals surface area contributed by atoms with E-state index in [2.05, 4.69) is 15.1 Å². The number of aryl methyl sites for hydroxylation is 1. The highest BCUT2D eigenvalue weighted by atomic mass is 16.3. The number of aliphatic hydroxyl groups is 1. The van der Waals surface area contributed by atoms with Gasteiger partial charge in [0.2, 0.25) is 5.95 Å². The number of rotatable bonds is 2. The number of β-amino-alcohol motifs (C(OH)–C–C–N with tert-alkyl or cyclic N) is 1. The fourth-order valence-electron chi connectivity index (χ4n) is 2.14. The van der Waals surface area contributed by atoms with Gasteiger partial charge in [-0.2, -0.15) is 5.10 Å². The van der Waals surface area contributed by atoms with Gasteiger partial charge >= 0.3 is 0 Å². The lowest BCUT2D eigenvalue weighted by Crippen LogP contribution is -2.23. The number of anilines is 1. The minimum Gasteiger partial charge on any atom is -0.391 e. The highest BCUT2D eigenvalue weighted by molar-refractivity contribution is 5.58. The number of hydrogen-bond donors (Lipinski definition) is 1. The summed E-state index contributed by atoms with van der Waals surface area (Å²) in [4.78, 5) is 10.8. The largest absolute Gasteiger partial charge is 0.391 e. The first-order valence-electron chi connectivity index (χ1n) is 5.97. The Hall–Kier alpha value is -1.95. The van der Waals surface area contributed by atoms with Crippen LogP contribution >= 0.6 is 0 Å². The van der Waals surface area contributed by atoms with Gasteiger partial charge < -0.3 is 10.0 Å². The van der Waals surface area contributed by atoms with Gasteiger partial charge in [0.05, 0.1) is 18.0 Å². The summed E-state index contributed by atoms with van der Waals surface area (Å²) < 4.78 is 1.75. The van der Waals surface area contributed by atoms with Gasteiger partial charge in [0, 0.05) is 38.1 Å². The van der Waals surface area contributed by atoms with Crippen molar-refractivity contribution in [2.24, 2.45) is 7.05 Å². The van der Waals surface area contributed by atoms with E-state index in [0.717, 1.165) is 24.2 Å². The molecule has 94 valence electrons. The summed E-state index contributed by atoms with van der Waals surface area (Å²) >= 11 is 0. The standard InChI is InChI=1S/C12H15N5O/c1-16-7-9(6-14-16)11-2-4-13-12(15-11)17-5-3-10(18)8-17/h2,4,6-7,10,18H,3,5,8H2,1H3/t10-/m0/s1. The summed E-state index contributed by atoms with van der Waals surface area (Å²) in [7, 11) is 1.88. The molecule has 0 aromatic carbocycles.